The van der Waals surface area contributed by atoms with Crippen LogP contribution in [0.15, 0.2) is 36.4 Å². The number of aromatic nitrogens is 1. The molecular weight excluding hydrogens is 343 g/mol. The van der Waals surface area contributed by atoms with Gasteiger partial charge in [-0.15, -0.1) is 0 Å². The third kappa shape index (κ3) is 2.75. The fourth-order valence-electron chi connectivity index (χ4n) is 1.99. The van der Waals surface area contributed by atoms with Crippen molar-refractivity contribution in [3.63, 3.8) is 0 Å². The molecule has 2 aromatic carbocycles. The molecule has 1 N–H and O–H groups in total. The van der Waals surface area contributed by atoms with E-state index in [1.807, 2.05) is 18.2 Å². The molecule has 0 spiro atoms. The highest BCUT2D eigenvalue weighted by atomic mass is 35.5. The third-order valence-corrected chi connectivity index (χ3v) is 4.77. The van der Waals surface area contributed by atoms with Gasteiger partial charge >= 0.3 is 0 Å². The first kappa shape index (κ1) is 15.1. The van der Waals surface area contributed by atoms with Crippen LogP contribution in [-0.4, -0.2) is 18.0 Å². The molecule has 1 aromatic heterocycles. The standard InChI is InChI=1S/C15H10Cl2N2O2S/c1-21-10-6-3-7-11-13(10)18-15(22-11)19-14(20)8-4-2-5-9(16)12(8)17/h2-7H,1H3,(H,18,19,20). The highest BCUT2D eigenvalue weighted by Gasteiger charge is 2.15. The van der Waals surface area contributed by atoms with Crippen molar-refractivity contribution in [3.05, 3.63) is 52.0 Å². The van der Waals surface area contributed by atoms with Crippen LogP contribution in [-0.2, 0) is 0 Å². The Morgan fingerprint density at radius 3 is 2.77 bits per heavy atom. The number of nitrogens with zero attached hydrogens (tertiary/aromatic N) is 1. The van der Waals surface area contributed by atoms with Crippen molar-refractivity contribution in [1.82, 2.24) is 4.98 Å². The predicted molar refractivity (Wildman–Crippen MR) is 90.6 cm³/mol. The quantitative estimate of drug-likeness (QED) is 0.731. The van der Waals surface area contributed by atoms with E-state index in [2.05, 4.69) is 10.3 Å². The molecular formula is C15H10Cl2N2O2S. The lowest BCUT2D eigenvalue weighted by atomic mass is 10.2. The van der Waals surface area contributed by atoms with Crippen molar-refractivity contribution in [2.24, 2.45) is 0 Å². The minimum absolute atomic E-state index is 0.223. The summed E-state index contributed by atoms with van der Waals surface area (Å²) >= 11 is 13.3. The summed E-state index contributed by atoms with van der Waals surface area (Å²) in [7, 11) is 1.58. The molecule has 4 nitrogen and oxygen atoms in total. The molecule has 1 heterocycles. The summed E-state index contributed by atoms with van der Waals surface area (Å²) in [5.41, 5.74) is 1.02. The van der Waals surface area contributed by atoms with Crippen molar-refractivity contribution in [1.29, 1.82) is 0 Å². The average molecular weight is 353 g/mol. The number of hydrogen-bond donors (Lipinski definition) is 1. The molecule has 3 aromatic rings. The maximum atomic E-state index is 12.3. The minimum Gasteiger partial charge on any atom is -0.494 e. The van der Waals surface area contributed by atoms with Gasteiger partial charge in [-0.1, -0.05) is 46.7 Å². The van der Waals surface area contributed by atoms with Crippen LogP contribution in [0.1, 0.15) is 10.4 Å². The molecule has 0 bridgehead atoms. The molecule has 0 unspecified atom stereocenters. The van der Waals surface area contributed by atoms with Gasteiger partial charge in [0.25, 0.3) is 5.91 Å². The molecule has 0 atom stereocenters. The van der Waals surface area contributed by atoms with E-state index < -0.39 is 0 Å². The fourth-order valence-corrected chi connectivity index (χ4v) is 3.25. The number of halogens is 2. The van der Waals surface area contributed by atoms with Crippen LogP contribution in [0.25, 0.3) is 10.2 Å². The number of benzene rings is 2. The molecule has 0 saturated carbocycles. The van der Waals surface area contributed by atoms with E-state index >= 15 is 0 Å². The third-order valence-electron chi connectivity index (χ3n) is 3.02. The summed E-state index contributed by atoms with van der Waals surface area (Å²) in [5, 5.41) is 3.77. The minimum atomic E-state index is -0.356. The van der Waals surface area contributed by atoms with E-state index in [0.29, 0.717) is 27.0 Å². The number of nitrogens with one attached hydrogen (secondary N) is 1. The number of thiazole rings is 1. The lowest BCUT2D eigenvalue weighted by Crippen LogP contribution is -2.12. The van der Waals surface area contributed by atoms with Crippen LogP contribution in [0.4, 0.5) is 5.13 Å². The lowest BCUT2D eigenvalue weighted by Gasteiger charge is -2.04. The van der Waals surface area contributed by atoms with E-state index in [1.165, 1.54) is 11.3 Å². The number of carbonyl (C=O) groups is 1. The Bertz CT molecular complexity index is 864. The van der Waals surface area contributed by atoms with Crippen molar-refractivity contribution in [3.8, 4) is 5.75 Å². The van der Waals surface area contributed by atoms with E-state index in [9.17, 15) is 4.79 Å². The molecule has 112 valence electrons. The maximum absolute atomic E-state index is 12.3. The second-order valence-corrected chi connectivity index (χ2v) is 6.20. The number of rotatable bonds is 3. The van der Waals surface area contributed by atoms with Gasteiger partial charge in [0.2, 0.25) is 0 Å². The first-order valence-corrected chi connectivity index (χ1v) is 7.86. The summed E-state index contributed by atoms with van der Waals surface area (Å²) in [4.78, 5) is 16.7. The lowest BCUT2D eigenvalue weighted by molar-refractivity contribution is 0.102. The number of amides is 1. The normalized spacial score (nSPS) is 10.7. The zero-order chi connectivity index (χ0) is 15.7. The van der Waals surface area contributed by atoms with Crippen LogP contribution in [0.2, 0.25) is 10.0 Å². The highest BCUT2D eigenvalue weighted by Crippen LogP contribution is 2.33. The molecule has 0 aliphatic heterocycles. The van der Waals surface area contributed by atoms with Gasteiger partial charge in [0.15, 0.2) is 5.13 Å². The second-order valence-electron chi connectivity index (χ2n) is 4.38. The van der Waals surface area contributed by atoms with Gasteiger partial charge in [0, 0.05) is 0 Å². The van der Waals surface area contributed by atoms with Crippen LogP contribution < -0.4 is 10.1 Å². The number of hydrogen-bond acceptors (Lipinski definition) is 4. The van der Waals surface area contributed by atoms with E-state index in [0.717, 1.165) is 4.70 Å². The Morgan fingerprint density at radius 1 is 1.23 bits per heavy atom. The Labute approximate surface area is 140 Å². The fraction of sp³-hybridized carbons (Fsp3) is 0.0667. The number of anilines is 1. The Kier molecular flexibility index (Phi) is 4.20. The average Bonchev–Trinajstić information content (AvgIpc) is 2.92. The van der Waals surface area contributed by atoms with Gasteiger partial charge in [-0.3, -0.25) is 10.1 Å². The number of para-hydroxylation sites is 1. The molecule has 1 amide bonds. The van der Waals surface area contributed by atoms with E-state index in [4.69, 9.17) is 27.9 Å². The van der Waals surface area contributed by atoms with Gasteiger partial charge in [-0.25, -0.2) is 4.98 Å². The van der Waals surface area contributed by atoms with E-state index in [1.54, 1.807) is 25.3 Å². The highest BCUT2D eigenvalue weighted by molar-refractivity contribution is 7.22. The van der Waals surface area contributed by atoms with Crippen molar-refractivity contribution < 1.29 is 9.53 Å². The summed E-state index contributed by atoms with van der Waals surface area (Å²) in [6.07, 6.45) is 0. The van der Waals surface area contributed by atoms with Crippen LogP contribution >= 0.6 is 34.5 Å². The van der Waals surface area contributed by atoms with Crippen LogP contribution in [0, 0.1) is 0 Å². The number of carbonyl (C=O) groups excluding carboxylic acids is 1. The smallest absolute Gasteiger partial charge is 0.259 e. The molecule has 0 aliphatic carbocycles. The number of methoxy groups -OCH3 is 1. The summed E-state index contributed by atoms with van der Waals surface area (Å²) in [5.74, 6) is 0.306. The van der Waals surface area contributed by atoms with Crippen LogP contribution in [0.3, 0.4) is 0 Å². The SMILES string of the molecule is COc1cccc2sc(NC(=O)c3cccc(Cl)c3Cl)nc12. The topological polar surface area (TPSA) is 51.2 Å². The van der Waals surface area contributed by atoms with E-state index in [-0.39, 0.29) is 10.9 Å². The van der Waals surface area contributed by atoms with Gasteiger partial charge in [-0.05, 0) is 24.3 Å². The van der Waals surface area contributed by atoms with Crippen molar-refractivity contribution in [2.45, 2.75) is 0 Å². The zero-order valence-corrected chi connectivity index (χ0v) is 13.7. The Balaban J connectivity index is 1.93. The first-order chi connectivity index (χ1) is 10.6. The summed E-state index contributed by atoms with van der Waals surface area (Å²) < 4.78 is 6.18. The summed E-state index contributed by atoms with van der Waals surface area (Å²) in [6.45, 7) is 0. The largest absolute Gasteiger partial charge is 0.494 e. The predicted octanol–water partition coefficient (Wildman–Crippen LogP) is 4.86. The van der Waals surface area contributed by atoms with Gasteiger partial charge in [0.1, 0.15) is 11.3 Å². The van der Waals surface area contributed by atoms with Crippen LogP contribution in [0.5, 0.6) is 5.75 Å². The maximum Gasteiger partial charge on any atom is 0.259 e. The van der Waals surface area contributed by atoms with Gasteiger partial charge < -0.3 is 4.74 Å². The molecule has 7 heteroatoms. The molecule has 3 rings (SSSR count). The first-order valence-electron chi connectivity index (χ1n) is 6.29. The molecule has 0 radical (unpaired) electrons. The Morgan fingerprint density at radius 2 is 2.00 bits per heavy atom. The van der Waals surface area contributed by atoms with Crippen molar-refractivity contribution >= 4 is 55.8 Å². The van der Waals surface area contributed by atoms with Gasteiger partial charge in [-0.2, -0.15) is 0 Å². The molecule has 0 fully saturated rings. The second kappa shape index (κ2) is 6.12. The summed E-state index contributed by atoms with van der Waals surface area (Å²) in [6, 6.07) is 10.5. The monoisotopic (exact) mass is 352 g/mol. The van der Waals surface area contributed by atoms with Crippen molar-refractivity contribution in [2.75, 3.05) is 12.4 Å². The van der Waals surface area contributed by atoms with Gasteiger partial charge in [0.05, 0.1) is 27.4 Å². The number of ether oxygens (including phenoxy) is 1. The molecule has 22 heavy (non-hydrogen) atoms. The number of fused-ring (bicyclic) bond motifs is 1. The zero-order valence-electron chi connectivity index (χ0n) is 11.4. The molecule has 0 saturated heterocycles. The Hall–Kier alpha value is -1.82. The molecule has 0 aliphatic rings.